The van der Waals surface area contributed by atoms with Crippen LogP contribution in [0.1, 0.15) is 15.9 Å². The summed E-state index contributed by atoms with van der Waals surface area (Å²) in [7, 11) is 1.35. The van der Waals surface area contributed by atoms with Gasteiger partial charge in [-0.05, 0) is 17.7 Å². The topological polar surface area (TPSA) is 65.0 Å². The summed E-state index contributed by atoms with van der Waals surface area (Å²) in [5.74, 6) is -0.383. The number of rotatable bonds is 8. The van der Waals surface area contributed by atoms with Crippen LogP contribution in [0.5, 0.6) is 0 Å². The number of carbonyl (C=O) groups excluding carboxylic acids is 1. The van der Waals surface area contributed by atoms with Gasteiger partial charge in [-0.15, -0.1) is 0 Å². The molecule has 0 fully saturated rings. The molecular weight excluding hydrogens is 248 g/mol. The van der Waals surface area contributed by atoms with Gasteiger partial charge in [-0.2, -0.15) is 0 Å². The second-order valence-electron chi connectivity index (χ2n) is 3.59. The first-order valence-electron chi connectivity index (χ1n) is 5.93. The number of esters is 1. The second kappa shape index (κ2) is 9.13. The highest BCUT2D eigenvalue weighted by Gasteiger charge is 2.08. The van der Waals surface area contributed by atoms with Crippen molar-refractivity contribution in [3.05, 3.63) is 41.7 Å². The second-order valence-corrected chi connectivity index (χ2v) is 3.59. The molecule has 0 radical (unpaired) electrons. The van der Waals surface area contributed by atoms with E-state index in [2.05, 4.69) is 0 Å². The Bertz CT molecular complexity index is 414. The molecular formula is C14H18O5. The molecule has 5 nitrogen and oxygen atoms in total. The Kier molecular flexibility index (Phi) is 7.31. The van der Waals surface area contributed by atoms with Crippen molar-refractivity contribution < 1.29 is 24.1 Å². The Morgan fingerprint density at radius 2 is 2.05 bits per heavy atom. The van der Waals surface area contributed by atoms with Gasteiger partial charge >= 0.3 is 5.97 Å². The molecule has 1 aromatic carbocycles. The molecule has 0 aliphatic heterocycles. The van der Waals surface area contributed by atoms with Gasteiger partial charge in [0.1, 0.15) is 6.61 Å². The first-order valence-corrected chi connectivity index (χ1v) is 5.93. The molecule has 0 amide bonds. The van der Waals surface area contributed by atoms with Crippen LogP contribution in [-0.4, -0.2) is 44.6 Å². The van der Waals surface area contributed by atoms with E-state index in [9.17, 15) is 4.79 Å². The lowest BCUT2D eigenvalue weighted by atomic mass is 10.1. The Balaban J connectivity index is 2.45. The van der Waals surface area contributed by atoms with Gasteiger partial charge in [0.2, 0.25) is 0 Å². The molecule has 0 heterocycles. The number of benzene rings is 1. The van der Waals surface area contributed by atoms with Gasteiger partial charge in [0.15, 0.2) is 0 Å². The fourth-order valence-electron chi connectivity index (χ4n) is 1.40. The number of ether oxygens (including phenoxy) is 3. The van der Waals surface area contributed by atoms with Gasteiger partial charge < -0.3 is 19.3 Å². The molecule has 19 heavy (non-hydrogen) atoms. The van der Waals surface area contributed by atoms with Gasteiger partial charge in [0.05, 0.1) is 38.8 Å². The van der Waals surface area contributed by atoms with Crippen molar-refractivity contribution in [2.75, 3.05) is 33.5 Å². The van der Waals surface area contributed by atoms with Crippen molar-refractivity contribution in [1.29, 1.82) is 0 Å². The highest BCUT2D eigenvalue weighted by molar-refractivity contribution is 5.93. The Labute approximate surface area is 112 Å². The molecule has 0 saturated carbocycles. The van der Waals surface area contributed by atoms with Gasteiger partial charge in [-0.25, -0.2) is 4.79 Å². The molecule has 1 aromatic rings. The minimum Gasteiger partial charge on any atom is -0.499 e. The van der Waals surface area contributed by atoms with E-state index in [1.807, 2.05) is 6.07 Å². The molecule has 5 heteroatoms. The molecule has 0 atom stereocenters. The normalized spacial score (nSPS) is 10.6. The molecule has 1 N–H and O–H groups in total. The minimum atomic E-state index is -0.383. The molecule has 1 rings (SSSR count). The first-order chi connectivity index (χ1) is 9.29. The maximum Gasteiger partial charge on any atom is 0.338 e. The monoisotopic (exact) mass is 266 g/mol. The molecule has 0 bridgehead atoms. The predicted octanol–water partition coefficient (Wildman–Crippen LogP) is 1.47. The van der Waals surface area contributed by atoms with Gasteiger partial charge in [-0.1, -0.05) is 18.2 Å². The van der Waals surface area contributed by atoms with Gasteiger partial charge in [0, 0.05) is 0 Å². The predicted molar refractivity (Wildman–Crippen MR) is 70.7 cm³/mol. The van der Waals surface area contributed by atoms with Gasteiger partial charge in [0.25, 0.3) is 0 Å². The molecule has 0 aliphatic carbocycles. The zero-order valence-electron chi connectivity index (χ0n) is 10.9. The van der Waals surface area contributed by atoms with E-state index in [1.54, 1.807) is 24.3 Å². The zero-order valence-corrected chi connectivity index (χ0v) is 10.9. The molecule has 0 unspecified atom stereocenters. The van der Waals surface area contributed by atoms with Gasteiger partial charge in [-0.3, -0.25) is 0 Å². The minimum absolute atomic E-state index is 0.00233. The summed E-state index contributed by atoms with van der Waals surface area (Å²) in [6, 6.07) is 7.09. The molecule has 0 aliphatic rings. The highest BCUT2D eigenvalue weighted by atomic mass is 16.5. The van der Waals surface area contributed by atoms with E-state index in [0.29, 0.717) is 25.4 Å². The summed E-state index contributed by atoms with van der Waals surface area (Å²) in [5.41, 5.74) is 1.21. The Morgan fingerprint density at radius 3 is 2.79 bits per heavy atom. The number of aliphatic hydroxyl groups excluding tert-OH is 1. The number of carbonyl (C=O) groups is 1. The zero-order chi connectivity index (χ0) is 13.9. The van der Waals surface area contributed by atoms with Crippen LogP contribution in [0.2, 0.25) is 0 Å². The average molecular weight is 266 g/mol. The van der Waals surface area contributed by atoms with Crippen LogP contribution >= 0.6 is 0 Å². The molecule has 104 valence electrons. The molecule has 0 aromatic heterocycles. The third kappa shape index (κ3) is 5.54. The summed E-state index contributed by atoms with van der Waals surface area (Å²) < 4.78 is 14.9. The van der Waals surface area contributed by atoms with E-state index in [-0.39, 0.29) is 12.6 Å². The smallest absolute Gasteiger partial charge is 0.338 e. The summed E-state index contributed by atoms with van der Waals surface area (Å²) in [6.07, 6.45) is 3.20. The first kappa shape index (κ1) is 15.2. The number of methoxy groups -OCH3 is 1. The summed E-state index contributed by atoms with van der Waals surface area (Å²) in [4.78, 5) is 11.5. The fraction of sp³-hybridized carbons (Fsp3) is 0.357. The van der Waals surface area contributed by atoms with Crippen LogP contribution in [0.3, 0.4) is 0 Å². The van der Waals surface area contributed by atoms with Crippen molar-refractivity contribution in [1.82, 2.24) is 0 Å². The van der Waals surface area contributed by atoms with E-state index in [4.69, 9.17) is 19.3 Å². The lowest BCUT2D eigenvalue weighted by Crippen LogP contribution is -2.05. The third-order valence-corrected chi connectivity index (χ3v) is 2.29. The SMILES string of the molecule is COC(=O)c1ccccc1/C=C/OCCOCCO. The number of hydrogen-bond acceptors (Lipinski definition) is 5. The highest BCUT2D eigenvalue weighted by Crippen LogP contribution is 2.11. The fourth-order valence-corrected chi connectivity index (χ4v) is 1.40. The Morgan fingerprint density at radius 1 is 1.26 bits per heavy atom. The van der Waals surface area contributed by atoms with E-state index in [0.717, 1.165) is 5.56 Å². The third-order valence-electron chi connectivity index (χ3n) is 2.29. The maximum atomic E-state index is 11.5. The standard InChI is InChI=1S/C14H18O5/c1-17-14(16)13-5-3-2-4-12(13)6-8-18-10-11-19-9-7-15/h2-6,8,15H,7,9-11H2,1H3/b8-6+. The van der Waals surface area contributed by atoms with E-state index in [1.165, 1.54) is 13.4 Å². The lowest BCUT2D eigenvalue weighted by Gasteiger charge is -2.04. The van der Waals surface area contributed by atoms with Crippen molar-refractivity contribution in [2.24, 2.45) is 0 Å². The van der Waals surface area contributed by atoms with E-state index < -0.39 is 0 Å². The number of aliphatic hydroxyl groups is 1. The number of hydrogen-bond donors (Lipinski definition) is 1. The maximum absolute atomic E-state index is 11.5. The summed E-state index contributed by atoms with van der Waals surface area (Å²) in [6.45, 7) is 1.10. The van der Waals surface area contributed by atoms with Crippen molar-refractivity contribution in [2.45, 2.75) is 0 Å². The summed E-state index contributed by atoms with van der Waals surface area (Å²) >= 11 is 0. The van der Waals surface area contributed by atoms with Crippen LogP contribution in [-0.2, 0) is 14.2 Å². The van der Waals surface area contributed by atoms with Crippen LogP contribution in [0.15, 0.2) is 30.5 Å². The van der Waals surface area contributed by atoms with Crippen LogP contribution in [0.25, 0.3) is 6.08 Å². The average Bonchev–Trinajstić information content (AvgIpc) is 2.46. The van der Waals surface area contributed by atoms with Crippen molar-refractivity contribution in [3.8, 4) is 0 Å². The van der Waals surface area contributed by atoms with Crippen LogP contribution in [0, 0.1) is 0 Å². The Hall–Kier alpha value is -1.85. The quantitative estimate of drug-likeness (QED) is 0.438. The van der Waals surface area contributed by atoms with Crippen molar-refractivity contribution >= 4 is 12.0 Å². The van der Waals surface area contributed by atoms with Crippen molar-refractivity contribution in [3.63, 3.8) is 0 Å². The largest absolute Gasteiger partial charge is 0.499 e. The molecule has 0 saturated heterocycles. The molecule has 0 spiro atoms. The lowest BCUT2D eigenvalue weighted by molar-refractivity contribution is 0.0599. The summed E-state index contributed by atoms with van der Waals surface area (Å²) in [5, 5.41) is 8.50. The van der Waals surface area contributed by atoms with E-state index >= 15 is 0 Å². The van der Waals surface area contributed by atoms with Crippen LogP contribution < -0.4 is 0 Å². The van der Waals surface area contributed by atoms with Crippen LogP contribution in [0.4, 0.5) is 0 Å².